The smallest absolute Gasteiger partial charge is 0.303 e. The first-order valence-corrected chi connectivity index (χ1v) is 9.76. The van der Waals surface area contributed by atoms with E-state index in [9.17, 15) is 4.79 Å². The van der Waals surface area contributed by atoms with Crippen LogP contribution in [0.5, 0.6) is 11.5 Å². The van der Waals surface area contributed by atoms with E-state index in [1.165, 1.54) is 5.56 Å². The van der Waals surface area contributed by atoms with Crippen molar-refractivity contribution in [3.8, 4) is 11.5 Å². The van der Waals surface area contributed by atoms with Gasteiger partial charge in [-0.15, -0.1) is 0 Å². The number of para-hydroxylation sites is 2. The molecule has 6 heteroatoms. The highest BCUT2D eigenvalue weighted by Crippen LogP contribution is 2.38. The van der Waals surface area contributed by atoms with Gasteiger partial charge in [-0.2, -0.15) is 0 Å². The number of amidine groups is 1. The van der Waals surface area contributed by atoms with E-state index in [-0.39, 0.29) is 6.42 Å². The Labute approximate surface area is 165 Å². The number of piperazine rings is 1. The molecule has 0 radical (unpaired) electrons. The highest BCUT2D eigenvalue weighted by atomic mass is 16.5. The van der Waals surface area contributed by atoms with Gasteiger partial charge in [-0.05, 0) is 44.2 Å². The summed E-state index contributed by atoms with van der Waals surface area (Å²) < 4.78 is 6.17. The summed E-state index contributed by atoms with van der Waals surface area (Å²) in [6, 6.07) is 14.1. The number of nitrogens with zero attached hydrogens (tertiary/aromatic N) is 3. The Hall–Kier alpha value is -2.86. The zero-order chi connectivity index (χ0) is 19.5. The van der Waals surface area contributed by atoms with Crippen molar-refractivity contribution >= 4 is 17.5 Å². The van der Waals surface area contributed by atoms with Crippen LogP contribution in [-0.4, -0.2) is 59.4 Å². The standard InChI is InChI=1S/C22H25N3O3/c1-16-8-9-19-17(15-16)22(23-18-5-2-3-6-20(18)28-19)25-13-11-24(12-14-25)10-4-7-21(26)27/h2-3,5-6,8-9,15H,4,7,10-14H2,1H3,(H,26,27). The Bertz CT molecular complexity index is 902. The molecule has 1 saturated heterocycles. The van der Waals surface area contributed by atoms with Crippen molar-refractivity contribution in [1.82, 2.24) is 9.80 Å². The van der Waals surface area contributed by atoms with Crippen LogP contribution >= 0.6 is 0 Å². The van der Waals surface area contributed by atoms with E-state index < -0.39 is 5.97 Å². The first-order valence-electron chi connectivity index (χ1n) is 9.76. The van der Waals surface area contributed by atoms with Gasteiger partial charge in [0.15, 0.2) is 5.75 Å². The van der Waals surface area contributed by atoms with Crippen LogP contribution in [-0.2, 0) is 4.79 Å². The van der Waals surface area contributed by atoms with Gasteiger partial charge in [-0.25, -0.2) is 4.99 Å². The summed E-state index contributed by atoms with van der Waals surface area (Å²) in [5, 5.41) is 8.82. The summed E-state index contributed by atoms with van der Waals surface area (Å²) in [6.45, 7) is 6.44. The molecule has 2 heterocycles. The van der Waals surface area contributed by atoms with Crippen LogP contribution in [0, 0.1) is 6.92 Å². The Morgan fingerprint density at radius 2 is 1.89 bits per heavy atom. The van der Waals surface area contributed by atoms with Gasteiger partial charge in [0.25, 0.3) is 0 Å². The lowest BCUT2D eigenvalue weighted by atomic mass is 10.1. The number of fused-ring (bicyclic) bond motifs is 2. The zero-order valence-electron chi connectivity index (χ0n) is 16.1. The van der Waals surface area contributed by atoms with Crippen LogP contribution in [0.4, 0.5) is 5.69 Å². The number of ether oxygens (including phenoxy) is 1. The molecule has 28 heavy (non-hydrogen) atoms. The van der Waals surface area contributed by atoms with Gasteiger partial charge < -0.3 is 14.7 Å². The van der Waals surface area contributed by atoms with E-state index in [0.29, 0.717) is 6.42 Å². The maximum absolute atomic E-state index is 10.7. The predicted molar refractivity (Wildman–Crippen MR) is 109 cm³/mol. The van der Waals surface area contributed by atoms with Crippen molar-refractivity contribution in [2.24, 2.45) is 4.99 Å². The summed E-state index contributed by atoms with van der Waals surface area (Å²) in [5.41, 5.74) is 3.04. The molecule has 6 nitrogen and oxygen atoms in total. The average molecular weight is 379 g/mol. The minimum absolute atomic E-state index is 0.230. The van der Waals surface area contributed by atoms with Gasteiger partial charge in [-0.1, -0.05) is 23.8 Å². The maximum Gasteiger partial charge on any atom is 0.303 e. The van der Waals surface area contributed by atoms with Crippen molar-refractivity contribution in [2.45, 2.75) is 19.8 Å². The third-order valence-electron chi connectivity index (χ3n) is 5.22. The number of aliphatic carboxylic acids is 1. The van der Waals surface area contributed by atoms with E-state index in [1.54, 1.807) is 0 Å². The first kappa shape index (κ1) is 18.5. The number of carbonyl (C=O) groups is 1. The fourth-order valence-corrected chi connectivity index (χ4v) is 3.71. The quantitative estimate of drug-likeness (QED) is 0.878. The molecule has 2 aliphatic rings. The van der Waals surface area contributed by atoms with Gasteiger partial charge >= 0.3 is 5.97 Å². The number of carboxylic acid groups (broad SMARTS) is 1. The average Bonchev–Trinajstić information content (AvgIpc) is 2.85. The van der Waals surface area contributed by atoms with E-state index >= 15 is 0 Å². The molecular weight excluding hydrogens is 354 g/mol. The highest BCUT2D eigenvalue weighted by molar-refractivity contribution is 6.04. The molecule has 2 aliphatic heterocycles. The molecule has 1 fully saturated rings. The predicted octanol–water partition coefficient (Wildman–Crippen LogP) is 3.66. The van der Waals surface area contributed by atoms with Crippen LogP contribution in [0.3, 0.4) is 0 Å². The summed E-state index contributed by atoms with van der Waals surface area (Å²) in [6.07, 6.45) is 0.924. The van der Waals surface area contributed by atoms with Crippen LogP contribution in [0.15, 0.2) is 47.5 Å². The van der Waals surface area contributed by atoms with E-state index in [1.807, 2.05) is 30.3 Å². The lowest BCUT2D eigenvalue weighted by Gasteiger charge is -2.36. The first-order chi connectivity index (χ1) is 13.6. The van der Waals surface area contributed by atoms with Crippen molar-refractivity contribution in [2.75, 3.05) is 32.7 Å². The monoisotopic (exact) mass is 379 g/mol. The molecule has 2 aromatic rings. The molecule has 1 N–H and O–H groups in total. The van der Waals surface area contributed by atoms with E-state index in [2.05, 4.69) is 28.9 Å². The van der Waals surface area contributed by atoms with E-state index in [4.69, 9.17) is 14.8 Å². The maximum atomic E-state index is 10.7. The molecule has 0 aromatic heterocycles. The van der Waals surface area contributed by atoms with Crippen LogP contribution in [0.2, 0.25) is 0 Å². The Morgan fingerprint density at radius 3 is 2.68 bits per heavy atom. The molecule has 0 atom stereocenters. The van der Waals surface area contributed by atoms with Gasteiger partial charge in [0.05, 0.1) is 5.56 Å². The summed E-state index contributed by atoms with van der Waals surface area (Å²) in [5.74, 6) is 1.83. The molecule has 146 valence electrons. The SMILES string of the molecule is Cc1ccc2c(c1)C(N1CCN(CCCC(=O)O)CC1)=Nc1ccccc1O2. The second kappa shape index (κ2) is 8.02. The molecule has 0 unspecified atom stereocenters. The minimum atomic E-state index is -0.725. The zero-order valence-corrected chi connectivity index (χ0v) is 16.1. The lowest BCUT2D eigenvalue weighted by molar-refractivity contribution is -0.137. The second-order valence-corrected chi connectivity index (χ2v) is 7.33. The van der Waals surface area contributed by atoms with Crippen molar-refractivity contribution in [3.63, 3.8) is 0 Å². The normalized spacial score (nSPS) is 16.5. The summed E-state index contributed by atoms with van der Waals surface area (Å²) >= 11 is 0. The molecular formula is C22H25N3O3. The van der Waals surface area contributed by atoms with Gasteiger partial charge in [-0.3, -0.25) is 9.69 Å². The Kier molecular flexibility index (Phi) is 5.30. The van der Waals surface area contributed by atoms with Gasteiger partial charge in [0.2, 0.25) is 0 Å². The molecule has 0 aliphatic carbocycles. The highest BCUT2D eigenvalue weighted by Gasteiger charge is 2.25. The van der Waals surface area contributed by atoms with Gasteiger partial charge in [0.1, 0.15) is 17.3 Å². The number of hydrogen-bond donors (Lipinski definition) is 1. The van der Waals surface area contributed by atoms with Gasteiger partial charge in [0, 0.05) is 32.6 Å². The number of benzene rings is 2. The number of carboxylic acids is 1. The summed E-state index contributed by atoms with van der Waals surface area (Å²) in [7, 11) is 0. The van der Waals surface area contributed by atoms with Crippen molar-refractivity contribution in [1.29, 1.82) is 0 Å². The Balaban J connectivity index is 1.56. The Morgan fingerprint density at radius 1 is 1.11 bits per heavy atom. The molecule has 0 saturated carbocycles. The largest absolute Gasteiger partial charge is 0.481 e. The van der Waals surface area contributed by atoms with E-state index in [0.717, 1.165) is 61.3 Å². The number of rotatable bonds is 4. The second-order valence-electron chi connectivity index (χ2n) is 7.33. The van der Waals surface area contributed by atoms with Crippen LogP contribution < -0.4 is 4.74 Å². The minimum Gasteiger partial charge on any atom is -0.481 e. The van der Waals surface area contributed by atoms with Crippen molar-refractivity contribution in [3.05, 3.63) is 53.6 Å². The number of hydrogen-bond acceptors (Lipinski definition) is 5. The fourth-order valence-electron chi connectivity index (χ4n) is 3.71. The van der Waals surface area contributed by atoms with Crippen molar-refractivity contribution < 1.29 is 14.6 Å². The number of aryl methyl sites for hydroxylation is 1. The molecule has 4 rings (SSSR count). The lowest BCUT2D eigenvalue weighted by Crippen LogP contribution is -2.49. The molecule has 0 amide bonds. The van der Waals surface area contributed by atoms with Crippen LogP contribution in [0.1, 0.15) is 24.0 Å². The molecule has 0 bridgehead atoms. The third-order valence-corrected chi connectivity index (χ3v) is 5.22. The fraction of sp³-hybridized carbons (Fsp3) is 0.364. The topological polar surface area (TPSA) is 65.4 Å². The molecule has 0 spiro atoms. The third kappa shape index (κ3) is 4.02. The van der Waals surface area contributed by atoms with Crippen LogP contribution in [0.25, 0.3) is 0 Å². The molecule has 2 aromatic carbocycles. The summed E-state index contributed by atoms with van der Waals surface area (Å²) in [4.78, 5) is 20.3. The number of aliphatic imine (C=N–C) groups is 1.